The normalized spacial score (nSPS) is 14.6. The molecule has 1 saturated heterocycles. The molecule has 0 radical (unpaired) electrons. The fourth-order valence-corrected chi connectivity index (χ4v) is 4.08. The van der Waals surface area contributed by atoms with Crippen LogP contribution in [0.5, 0.6) is 0 Å². The number of carbonyl (C=O) groups excluding carboxylic acids is 3. The van der Waals surface area contributed by atoms with Crippen molar-refractivity contribution >= 4 is 46.3 Å². The van der Waals surface area contributed by atoms with Crippen molar-refractivity contribution in [2.45, 2.75) is 13.8 Å². The Morgan fingerprint density at radius 2 is 1.82 bits per heavy atom. The van der Waals surface area contributed by atoms with Crippen LogP contribution in [0.2, 0.25) is 0 Å². The van der Waals surface area contributed by atoms with E-state index in [0.29, 0.717) is 22.8 Å². The lowest BCUT2D eigenvalue weighted by atomic mass is 10.1. The van der Waals surface area contributed by atoms with E-state index in [0.717, 1.165) is 27.8 Å². The molecule has 1 fully saturated rings. The summed E-state index contributed by atoms with van der Waals surface area (Å²) in [5.74, 6) is -0.282. The summed E-state index contributed by atoms with van der Waals surface area (Å²) in [7, 11) is 0. The molecule has 0 unspecified atom stereocenters. The number of nitrogens with one attached hydrogen (secondary N) is 1. The quantitative estimate of drug-likeness (QED) is 0.296. The summed E-state index contributed by atoms with van der Waals surface area (Å²) < 4.78 is 5.71. The Morgan fingerprint density at radius 1 is 1.09 bits per heavy atom. The van der Waals surface area contributed by atoms with E-state index in [-0.39, 0.29) is 10.6 Å². The summed E-state index contributed by atoms with van der Waals surface area (Å²) in [6.07, 6.45) is 1.43. The zero-order valence-electron chi connectivity index (χ0n) is 18.2. The van der Waals surface area contributed by atoms with Gasteiger partial charge in [-0.25, -0.2) is 0 Å². The van der Waals surface area contributed by atoms with E-state index < -0.39 is 28.5 Å². The molecule has 172 valence electrons. The van der Waals surface area contributed by atoms with E-state index in [9.17, 15) is 24.5 Å². The average molecular weight is 477 g/mol. The first-order valence-electron chi connectivity index (χ1n) is 10.2. The zero-order valence-corrected chi connectivity index (χ0v) is 19.0. The molecular formula is C24H19N3O6S. The van der Waals surface area contributed by atoms with Gasteiger partial charge in [-0.05, 0) is 73.1 Å². The van der Waals surface area contributed by atoms with Crippen LogP contribution in [-0.4, -0.2) is 33.4 Å². The number of rotatable bonds is 6. The molecule has 34 heavy (non-hydrogen) atoms. The van der Waals surface area contributed by atoms with E-state index in [2.05, 4.69) is 5.32 Å². The fraction of sp³-hybridized carbons (Fsp3) is 0.125. The molecule has 4 rings (SSSR count). The van der Waals surface area contributed by atoms with Crippen LogP contribution >= 0.6 is 11.8 Å². The topological polar surface area (TPSA) is 123 Å². The van der Waals surface area contributed by atoms with Gasteiger partial charge in [0.25, 0.3) is 16.8 Å². The number of nitrogens with zero attached hydrogens (tertiary/aromatic N) is 2. The monoisotopic (exact) mass is 477 g/mol. The van der Waals surface area contributed by atoms with Gasteiger partial charge in [-0.15, -0.1) is 0 Å². The van der Waals surface area contributed by atoms with Gasteiger partial charge < -0.3 is 9.73 Å². The number of non-ortho nitro benzene ring substituents is 1. The Hall–Kier alpha value is -4.18. The number of imide groups is 1. The number of hydrogen-bond acceptors (Lipinski definition) is 7. The maximum absolute atomic E-state index is 12.7. The third-order valence-electron chi connectivity index (χ3n) is 5.23. The first-order valence-corrected chi connectivity index (χ1v) is 11.0. The number of nitro groups is 1. The van der Waals surface area contributed by atoms with Crippen molar-refractivity contribution in [2.75, 3.05) is 11.9 Å². The summed E-state index contributed by atoms with van der Waals surface area (Å²) in [5, 5.41) is 13.0. The van der Waals surface area contributed by atoms with Gasteiger partial charge in [0.05, 0.1) is 9.83 Å². The molecule has 10 heteroatoms. The van der Waals surface area contributed by atoms with E-state index in [4.69, 9.17) is 4.42 Å². The van der Waals surface area contributed by atoms with Gasteiger partial charge in [0.1, 0.15) is 18.1 Å². The molecule has 0 saturated carbocycles. The highest BCUT2D eigenvalue weighted by molar-refractivity contribution is 8.18. The number of thioether (sulfide) groups is 1. The second-order valence-electron chi connectivity index (χ2n) is 7.62. The van der Waals surface area contributed by atoms with Crippen LogP contribution in [0.15, 0.2) is 63.9 Å². The number of hydrogen-bond donors (Lipinski definition) is 1. The number of anilines is 1. The highest BCUT2D eigenvalue weighted by Crippen LogP contribution is 2.33. The third-order valence-corrected chi connectivity index (χ3v) is 6.14. The van der Waals surface area contributed by atoms with Crippen LogP contribution < -0.4 is 5.32 Å². The van der Waals surface area contributed by atoms with E-state index >= 15 is 0 Å². The first-order chi connectivity index (χ1) is 16.2. The number of benzene rings is 2. The SMILES string of the molecule is Cc1ccc(NC(=O)CN2C(=O)S/C(=C/c3ccc(-c4ccc([N+](=O)[O-])cc4)o3)C2=O)cc1C. The van der Waals surface area contributed by atoms with Gasteiger partial charge in [-0.1, -0.05) is 6.07 Å². The van der Waals surface area contributed by atoms with Crippen molar-refractivity contribution < 1.29 is 23.7 Å². The lowest BCUT2D eigenvalue weighted by molar-refractivity contribution is -0.384. The molecular weight excluding hydrogens is 458 g/mol. The van der Waals surface area contributed by atoms with E-state index in [1.54, 1.807) is 30.3 Å². The van der Waals surface area contributed by atoms with Crippen LogP contribution in [0.25, 0.3) is 17.4 Å². The van der Waals surface area contributed by atoms with Crippen LogP contribution in [0.1, 0.15) is 16.9 Å². The Morgan fingerprint density at radius 3 is 2.50 bits per heavy atom. The summed E-state index contributed by atoms with van der Waals surface area (Å²) in [6.45, 7) is 3.48. The molecule has 3 amide bonds. The van der Waals surface area contributed by atoms with Gasteiger partial charge >= 0.3 is 0 Å². The van der Waals surface area contributed by atoms with Crippen molar-refractivity contribution in [3.8, 4) is 11.3 Å². The van der Waals surface area contributed by atoms with Gasteiger partial charge in [0.2, 0.25) is 5.91 Å². The molecule has 1 aromatic heterocycles. The Kier molecular flexibility index (Phi) is 6.33. The Bertz CT molecular complexity index is 1340. The van der Waals surface area contributed by atoms with Gasteiger partial charge in [0.15, 0.2) is 0 Å². The molecule has 2 aromatic carbocycles. The zero-order chi connectivity index (χ0) is 24.4. The van der Waals surface area contributed by atoms with Crippen molar-refractivity contribution in [3.05, 3.63) is 86.5 Å². The summed E-state index contributed by atoms with van der Waals surface area (Å²) >= 11 is 0.723. The molecule has 3 aromatic rings. The molecule has 2 heterocycles. The van der Waals surface area contributed by atoms with Crippen LogP contribution in [0.3, 0.4) is 0 Å². The predicted molar refractivity (Wildman–Crippen MR) is 128 cm³/mol. The Labute approximate surface area is 198 Å². The number of carbonyl (C=O) groups is 3. The lowest BCUT2D eigenvalue weighted by Crippen LogP contribution is -2.36. The third kappa shape index (κ3) is 4.91. The van der Waals surface area contributed by atoms with Crippen LogP contribution in [0.4, 0.5) is 16.2 Å². The smallest absolute Gasteiger partial charge is 0.294 e. The molecule has 1 aliphatic heterocycles. The van der Waals surface area contributed by atoms with Gasteiger partial charge in [0, 0.05) is 29.5 Å². The fourth-order valence-electron chi connectivity index (χ4n) is 3.26. The second kappa shape index (κ2) is 9.36. The van der Waals surface area contributed by atoms with Gasteiger partial charge in [-0.2, -0.15) is 0 Å². The highest BCUT2D eigenvalue weighted by atomic mass is 32.2. The number of amides is 3. The van der Waals surface area contributed by atoms with Crippen molar-refractivity contribution in [2.24, 2.45) is 0 Å². The number of aryl methyl sites for hydroxylation is 2. The molecule has 9 nitrogen and oxygen atoms in total. The van der Waals surface area contributed by atoms with Crippen molar-refractivity contribution in [3.63, 3.8) is 0 Å². The van der Waals surface area contributed by atoms with Crippen LogP contribution in [-0.2, 0) is 9.59 Å². The minimum Gasteiger partial charge on any atom is -0.457 e. The number of furan rings is 1. The number of nitro benzene ring substituents is 1. The predicted octanol–water partition coefficient (Wildman–Crippen LogP) is 5.15. The van der Waals surface area contributed by atoms with Crippen LogP contribution in [0, 0.1) is 24.0 Å². The second-order valence-corrected chi connectivity index (χ2v) is 8.61. The van der Waals surface area contributed by atoms with Crippen molar-refractivity contribution in [1.82, 2.24) is 4.90 Å². The maximum Gasteiger partial charge on any atom is 0.294 e. The molecule has 0 bridgehead atoms. The molecule has 0 spiro atoms. The maximum atomic E-state index is 12.7. The lowest BCUT2D eigenvalue weighted by Gasteiger charge is -2.13. The minimum atomic E-state index is -0.585. The molecule has 1 N–H and O–H groups in total. The molecule has 0 aliphatic carbocycles. The summed E-state index contributed by atoms with van der Waals surface area (Å²) in [5.41, 5.74) is 3.28. The Balaban J connectivity index is 1.44. The average Bonchev–Trinajstić information content (AvgIpc) is 3.37. The van der Waals surface area contributed by atoms with Gasteiger partial charge in [-0.3, -0.25) is 29.4 Å². The standard InChI is InChI=1S/C24H19N3O6S/c1-14-3-6-17(11-15(14)2)25-22(28)13-26-23(29)21(34-24(26)30)12-19-9-10-20(33-19)16-4-7-18(8-5-16)27(31)32/h3-12H,13H2,1-2H3,(H,25,28)/b21-12+. The first kappa shape index (κ1) is 23.0. The highest BCUT2D eigenvalue weighted by Gasteiger charge is 2.36. The largest absolute Gasteiger partial charge is 0.457 e. The minimum absolute atomic E-state index is 0.0363. The molecule has 1 aliphatic rings. The summed E-state index contributed by atoms with van der Waals surface area (Å²) in [4.78, 5) is 48.8. The van der Waals surface area contributed by atoms with E-state index in [1.165, 1.54) is 18.2 Å². The molecule has 0 atom stereocenters. The van der Waals surface area contributed by atoms with Crippen molar-refractivity contribution in [1.29, 1.82) is 0 Å². The summed E-state index contributed by atoms with van der Waals surface area (Å²) in [6, 6.07) is 14.6. The van der Waals surface area contributed by atoms with E-state index in [1.807, 2.05) is 26.0 Å².